The van der Waals surface area contributed by atoms with Crippen molar-refractivity contribution >= 4 is 0 Å². The van der Waals surface area contributed by atoms with Gasteiger partial charge in [-0.15, -0.1) is 0 Å². The minimum atomic E-state index is 0.413. The van der Waals surface area contributed by atoms with E-state index < -0.39 is 0 Å². The monoisotopic (exact) mass is 273 g/mol. The molecule has 0 radical (unpaired) electrons. The fourth-order valence-corrected chi connectivity index (χ4v) is 2.45. The summed E-state index contributed by atoms with van der Waals surface area (Å²) in [6.45, 7) is 3.11. The zero-order chi connectivity index (χ0) is 14.4. The first-order valence-electron chi connectivity index (χ1n) is 7.05. The summed E-state index contributed by atoms with van der Waals surface area (Å²) < 4.78 is 7.14. The maximum atomic E-state index is 5.28. The number of benzene rings is 1. The smallest absolute Gasteiger partial charge is 0.119 e. The predicted molar refractivity (Wildman–Crippen MR) is 81.1 cm³/mol. The second-order valence-electron chi connectivity index (χ2n) is 5.04. The first kappa shape index (κ1) is 14.6. The van der Waals surface area contributed by atoms with Gasteiger partial charge >= 0.3 is 0 Å². The summed E-state index contributed by atoms with van der Waals surface area (Å²) in [6, 6.07) is 8.69. The van der Waals surface area contributed by atoms with Crippen LogP contribution < -0.4 is 10.1 Å². The van der Waals surface area contributed by atoms with E-state index in [1.54, 1.807) is 7.11 Å². The summed E-state index contributed by atoms with van der Waals surface area (Å²) in [4.78, 5) is 0. The van der Waals surface area contributed by atoms with Crippen LogP contribution in [0.3, 0.4) is 0 Å². The van der Waals surface area contributed by atoms with Crippen molar-refractivity contribution < 1.29 is 4.74 Å². The Hall–Kier alpha value is -1.81. The van der Waals surface area contributed by atoms with E-state index in [1.165, 1.54) is 11.1 Å². The fourth-order valence-electron chi connectivity index (χ4n) is 2.45. The van der Waals surface area contributed by atoms with Crippen LogP contribution in [0, 0.1) is 0 Å². The van der Waals surface area contributed by atoms with Crippen molar-refractivity contribution in [2.45, 2.75) is 25.8 Å². The number of hydrogen-bond donors (Lipinski definition) is 1. The molecule has 4 heteroatoms. The second-order valence-corrected chi connectivity index (χ2v) is 5.04. The van der Waals surface area contributed by atoms with Crippen LogP contribution in [0.1, 0.15) is 18.1 Å². The third-order valence-corrected chi connectivity index (χ3v) is 3.35. The number of methoxy groups -OCH3 is 1. The maximum absolute atomic E-state index is 5.28. The highest BCUT2D eigenvalue weighted by Gasteiger charge is 2.11. The van der Waals surface area contributed by atoms with Crippen molar-refractivity contribution in [3.63, 3.8) is 0 Å². The number of aryl methyl sites for hydroxylation is 1. The topological polar surface area (TPSA) is 39.1 Å². The lowest BCUT2D eigenvalue weighted by molar-refractivity contribution is 0.413. The number of nitrogens with one attached hydrogen (secondary N) is 1. The Morgan fingerprint density at radius 2 is 2.10 bits per heavy atom. The van der Waals surface area contributed by atoms with Crippen LogP contribution in [0.2, 0.25) is 0 Å². The number of likely N-dealkylation sites (N-methyl/N-ethyl adjacent to an activating group) is 1. The number of aromatic nitrogens is 2. The molecule has 0 aliphatic heterocycles. The summed E-state index contributed by atoms with van der Waals surface area (Å²) >= 11 is 0. The van der Waals surface area contributed by atoms with Gasteiger partial charge in [0, 0.05) is 19.3 Å². The molecule has 1 aromatic carbocycles. The quantitative estimate of drug-likeness (QED) is 0.840. The van der Waals surface area contributed by atoms with E-state index in [0.29, 0.717) is 6.04 Å². The lowest BCUT2D eigenvalue weighted by Gasteiger charge is -2.17. The Morgan fingerprint density at radius 3 is 2.75 bits per heavy atom. The van der Waals surface area contributed by atoms with Crippen LogP contribution in [0.5, 0.6) is 5.75 Å². The van der Waals surface area contributed by atoms with Gasteiger partial charge in [-0.2, -0.15) is 5.10 Å². The molecule has 1 atom stereocenters. The van der Waals surface area contributed by atoms with Crippen LogP contribution in [0.25, 0.3) is 0 Å². The minimum Gasteiger partial charge on any atom is -0.497 e. The molecule has 0 spiro atoms. The van der Waals surface area contributed by atoms with Gasteiger partial charge < -0.3 is 10.1 Å². The Balaban J connectivity index is 2.04. The molecule has 2 aromatic rings. The molecule has 0 aliphatic carbocycles. The zero-order valence-electron chi connectivity index (χ0n) is 12.5. The van der Waals surface area contributed by atoms with Crippen molar-refractivity contribution in [3.8, 4) is 5.75 Å². The van der Waals surface area contributed by atoms with Crippen molar-refractivity contribution in [1.29, 1.82) is 0 Å². The molecule has 0 fully saturated rings. The van der Waals surface area contributed by atoms with Crippen LogP contribution in [-0.4, -0.2) is 29.5 Å². The van der Waals surface area contributed by atoms with Gasteiger partial charge in [-0.05, 0) is 42.6 Å². The highest BCUT2D eigenvalue weighted by Crippen LogP contribution is 2.15. The van der Waals surface area contributed by atoms with E-state index in [-0.39, 0.29) is 0 Å². The van der Waals surface area contributed by atoms with Crippen molar-refractivity contribution in [2.75, 3.05) is 13.7 Å². The number of ether oxygens (including phenoxy) is 1. The van der Waals surface area contributed by atoms with Crippen LogP contribution in [0.15, 0.2) is 36.7 Å². The highest BCUT2D eigenvalue weighted by molar-refractivity contribution is 5.29. The fraction of sp³-hybridized carbons (Fsp3) is 0.438. The van der Waals surface area contributed by atoms with E-state index in [1.807, 2.05) is 30.1 Å². The number of rotatable bonds is 7. The van der Waals surface area contributed by atoms with Gasteiger partial charge in [0.05, 0.1) is 13.3 Å². The molecule has 0 bridgehead atoms. The number of hydrogen-bond acceptors (Lipinski definition) is 3. The van der Waals surface area contributed by atoms with Crippen molar-refractivity contribution in [2.24, 2.45) is 7.05 Å². The van der Waals surface area contributed by atoms with Gasteiger partial charge in [0.15, 0.2) is 0 Å². The summed E-state index contributed by atoms with van der Waals surface area (Å²) in [6.07, 6.45) is 5.99. The predicted octanol–water partition coefficient (Wildman–Crippen LogP) is 2.19. The third-order valence-electron chi connectivity index (χ3n) is 3.35. The average Bonchev–Trinajstić information content (AvgIpc) is 2.84. The molecule has 1 heterocycles. The molecule has 0 saturated heterocycles. The maximum Gasteiger partial charge on any atom is 0.119 e. The molecular formula is C16H23N3O. The molecule has 1 N–H and O–H groups in total. The van der Waals surface area contributed by atoms with Gasteiger partial charge in [0.25, 0.3) is 0 Å². The van der Waals surface area contributed by atoms with Crippen molar-refractivity contribution in [3.05, 3.63) is 47.8 Å². The first-order chi connectivity index (χ1) is 9.71. The molecule has 20 heavy (non-hydrogen) atoms. The Labute approximate surface area is 120 Å². The molecule has 4 nitrogen and oxygen atoms in total. The number of nitrogens with zero attached hydrogens (tertiary/aromatic N) is 2. The van der Waals surface area contributed by atoms with E-state index >= 15 is 0 Å². The van der Waals surface area contributed by atoms with Crippen molar-refractivity contribution in [1.82, 2.24) is 15.1 Å². The van der Waals surface area contributed by atoms with E-state index in [9.17, 15) is 0 Å². The molecule has 1 aromatic heterocycles. The van der Waals surface area contributed by atoms with E-state index in [2.05, 4.69) is 35.7 Å². The Bertz CT molecular complexity index is 536. The van der Waals surface area contributed by atoms with Gasteiger partial charge in [-0.25, -0.2) is 0 Å². The minimum absolute atomic E-state index is 0.413. The third kappa shape index (κ3) is 4.10. The largest absolute Gasteiger partial charge is 0.497 e. The normalized spacial score (nSPS) is 12.3. The first-order valence-corrected chi connectivity index (χ1v) is 7.05. The zero-order valence-corrected chi connectivity index (χ0v) is 12.5. The highest BCUT2D eigenvalue weighted by atomic mass is 16.5. The van der Waals surface area contributed by atoms with Crippen LogP contribution in [-0.2, 0) is 19.9 Å². The Morgan fingerprint density at radius 1 is 1.30 bits per heavy atom. The summed E-state index contributed by atoms with van der Waals surface area (Å²) in [5, 5.41) is 7.78. The van der Waals surface area contributed by atoms with Crippen LogP contribution in [0.4, 0.5) is 0 Å². The van der Waals surface area contributed by atoms with Gasteiger partial charge in [-0.3, -0.25) is 4.68 Å². The van der Waals surface area contributed by atoms with E-state index in [4.69, 9.17) is 4.74 Å². The summed E-state index contributed by atoms with van der Waals surface area (Å²) in [7, 11) is 3.66. The molecule has 0 aliphatic rings. The second kappa shape index (κ2) is 7.10. The van der Waals surface area contributed by atoms with Gasteiger partial charge in [0.1, 0.15) is 5.75 Å². The Kier molecular flexibility index (Phi) is 5.18. The average molecular weight is 273 g/mol. The molecule has 108 valence electrons. The lowest BCUT2D eigenvalue weighted by Crippen LogP contribution is -2.32. The lowest BCUT2D eigenvalue weighted by atomic mass is 10.0. The van der Waals surface area contributed by atoms with Gasteiger partial charge in [0.2, 0.25) is 0 Å². The van der Waals surface area contributed by atoms with Gasteiger partial charge in [-0.1, -0.05) is 19.1 Å². The SMILES string of the molecule is CCNC(Cc1cccc(OC)c1)Cc1cnn(C)c1. The molecule has 2 rings (SSSR count). The molecular weight excluding hydrogens is 250 g/mol. The molecule has 1 unspecified atom stereocenters. The summed E-state index contributed by atoms with van der Waals surface area (Å²) in [5.74, 6) is 0.916. The summed E-state index contributed by atoms with van der Waals surface area (Å²) in [5.41, 5.74) is 2.56. The van der Waals surface area contributed by atoms with Crippen LogP contribution >= 0.6 is 0 Å². The molecule has 0 saturated carbocycles. The molecule has 0 amide bonds. The van der Waals surface area contributed by atoms with E-state index in [0.717, 1.165) is 25.1 Å². The standard InChI is InChI=1S/C16H23N3O/c1-4-17-15(9-14-11-18-19(2)12-14)8-13-6-5-7-16(10-13)20-3/h5-7,10-12,15,17H,4,8-9H2,1-3H3.